The van der Waals surface area contributed by atoms with E-state index in [1.165, 1.54) is 60.5 Å². The maximum absolute atomic E-state index is 10.0. The lowest BCUT2D eigenvalue weighted by molar-refractivity contribution is 0.283. The van der Waals surface area contributed by atoms with E-state index in [9.17, 15) is 10.2 Å². The number of hydrogen-bond acceptors (Lipinski definition) is 6. The van der Waals surface area contributed by atoms with E-state index in [1.54, 1.807) is 22.7 Å². The summed E-state index contributed by atoms with van der Waals surface area (Å²) < 4.78 is 7.52. The fourth-order valence-corrected chi connectivity index (χ4v) is 8.88. The van der Waals surface area contributed by atoms with Crippen molar-refractivity contribution in [3.05, 3.63) is 58.3 Å². The van der Waals surface area contributed by atoms with E-state index in [4.69, 9.17) is 0 Å². The second kappa shape index (κ2) is 6.23. The minimum absolute atomic E-state index is 0.0558. The predicted molar refractivity (Wildman–Crippen MR) is 135 cm³/mol. The molecule has 0 aliphatic rings. The SMILES string of the molecule is OCc1csc2ccc3sc4ccc5sc6ccc7scc(CO)c7c6c5c4c3c12. The van der Waals surface area contributed by atoms with Gasteiger partial charge in [-0.05, 0) is 58.3 Å². The minimum Gasteiger partial charge on any atom is -0.392 e. The summed E-state index contributed by atoms with van der Waals surface area (Å²) in [5, 5.41) is 31.7. The van der Waals surface area contributed by atoms with Crippen LogP contribution < -0.4 is 0 Å². The normalized spacial score (nSPS) is 12.6. The third kappa shape index (κ3) is 2.13. The highest BCUT2D eigenvalue weighted by Gasteiger charge is 2.20. The first kappa shape index (κ1) is 17.6. The van der Waals surface area contributed by atoms with Crippen molar-refractivity contribution in [1.29, 1.82) is 0 Å². The van der Waals surface area contributed by atoms with Crippen molar-refractivity contribution in [3.63, 3.8) is 0 Å². The van der Waals surface area contributed by atoms with Crippen molar-refractivity contribution in [1.82, 2.24) is 0 Å². The number of thiophene rings is 4. The summed E-state index contributed by atoms with van der Waals surface area (Å²) in [5.41, 5.74) is 2.02. The highest BCUT2D eigenvalue weighted by Crippen LogP contribution is 2.50. The Morgan fingerprint density at radius 1 is 0.467 bits per heavy atom. The van der Waals surface area contributed by atoms with Gasteiger partial charge in [0.15, 0.2) is 0 Å². The lowest BCUT2D eigenvalue weighted by atomic mass is 9.99. The van der Waals surface area contributed by atoms with Crippen molar-refractivity contribution >= 4 is 106 Å². The Morgan fingerprint density at radius 3 is 1.17 bits per heavy atom. The van der Waals surface area contributed by atoms with Gasteiger partial charge in [-0.25, -0.2) is 0 Å². The molecule has 4 aromatic heterocycles. The van der Waals surface area contributed by atoms with Gasteiger partial charge < -0.3 is 10.2 Å². The fourth-order valence-electron chi connectivity index (χ4n) is 4.72. The van der Waals surface area contributed by atoms with Crippen molar-refractivity contribution < 1.29 is 10.2 Å². The van der Waals surface area contributed by atoms with E-state index < -0.39 is 0 Å². The minimum atomic E-state index is 0.0558. The second-order valence-corrected chi connectivity index (χ2v) is 11.5. The van der Waals surface area contributed by atoms with Gasteiger partial charge in [-0.2, -0.15) is 0 Å². The average Bonchev–Trinajstić information content (AvgIpc) is 3.52. The Labute approximate surface area is 186 Å². The highest BCUT2D eigenvalue weighted by molar-refractivity contribution is 7.28. The van der Waals surface area contributed by atoms with E-state index in [2.05, 4.69) is 47.2 Å². The highest BCUT2D eigenvalue weighted by atomic mass is 32.1. The average molecular weight is 463 g/mol. The monoisotopic (exact) mass is 462 g/mol. The molecule has 0 spiro atoms. The molecule has 0 saturated heterocycles. The summed E-state index contributed by atoms with van der Waals surface area (Å²) in [6, 6.07) is 13.3. The molecule has 0 aliphatic carbocycles. The Kier molecular flexibility index (Phi) is 3.66. The van der Waals surface area contributed by atoms with Gasteiger partial charge in [0, 0.05) is 60.5 Å². The maximum Gasteiger partial charge on any atom is 0.0696 e. The van der Waals surface area contributed by atoms with Crippen LogP contribution in [0.4, 0.5) is 0 Å². The first-order chi connectivity index (χ1) is 14.8. The molecule has 3 aromatic carbocycles. The van der Waals surface area contributed by atoms with Crippen molar-refractivity contribution in [2.75, 3.05) is 0 Å². The molecule has 0 unspecified atom stereocenters. The smallest absolute Gasteiger partial charge is 0.0696 e. The molecule has 7 aromatic rings. The second-order valence-electron chi connectivity index (χ2n) is 7.48. The molecule has 6 heteroatoms. The molecule has 0 fully saturated rings. The van der Waals surface area contributed by atoms with Crippen LogP contribution in [0.25, 0.3) is 60.5 Å². The summed E-state index contributed by atoms with van der Waals surface area (Å²) in [7, 11) is 0. The van der Waals surface area contributed by atoms with Crippen molar-refractivity contribution in [2.45, 2.75) is 13.2 Å². The number of rotatable bonds is 2. The first-order valence-corrected chi connectivity index (χ1v) is 13.0. The van der Waals surface area contributed by atoms with Crippen LogP contribution in [0.15, 0.2) is 47.2 Å². The standard InChI is InChI=1S/C24H14O2S4/c25-7-11-9-27-13-1-3-15-21(19(11)13)23-17(29-15)5-6-18-24(23)22-16(30-18)4-2-14-20(22)12(8-26)10-28-14/h1-6,9-10,25-26H,7-8H2. The van der Waals surface area contributed by atoms with Gasteiger partial charge in [0.05, 0.1) is 13.2 Å². The number of hydrogen-bond donors (Lipinski definition) is 2. The van der Waals surface area contributed by atoms with Crippen LogP contribution in [0.3, 0.4) is 0 Å². The molecule has 0 radical (unpaired) electrons. The van der Waals surface area contributed by atoms with Crippen LogP contribution in [0, 0.1) is 0 Å². The first-order valence-electron chi connectivity index (χ1n) is 9.60. The van der Waals surface area contributed by atoms with E-state index in [-0.39, 0.29) is 13.2 Å². The van der Waals surface area contributed by atoms with Gasteiger partial charge in [-0.3, -0.25) is 0 Å². The number of aliphatic hydroxyl groups is 2. The van der Waals surface area contributed by atoms with Gasteiger partial charge in [-0.1, -0.05) is 0 Å². The van der Waals surface area contributed by atoms with Gasteiger partial charge in [0.1, 0.15) is 0 Å². The Balaban J connectivity index is 1.84. The van der Waals surface area contributed by atoms with Gasteiger partial charge in [-0.15, -0.1) is 45.3 Å². The maximum atomic E-state index is 10.0. The molecule has 0 atom stereocenters. The third-order valence-corrected chi connectivity index (χ3v) is 10.2. The van der Waals surface area contributed by atoms with Crippen molar-refractivity contribution in [2.24, 2.45) is 0 Å². The Bertz CT molecular complexity index is 1650. The Hall–Kier alpha value is -2.06. The van der Waals surface area contributed by atoms with Gasteiger partial charge >= 0.3 is 0 Å². The van der Waals surface area contributed by atoms with Crippen LogP contribution in [0.1, 0.15) is 11.1 Å². The zero-order valence-corrected chi connectivity index (χ0v) is 18.8. The zero-order chi connectivity index (χ0) is 20.0. The summed E-state index contributed by atoms with van der Waals surface area (Å²) in [5.74, 6) is 0. The van der Waals surface area contributed by atoms with Crippen LogP contribution in [0.2, 0.25) is 0 Å². The van der Waals surface area contributed by atoms with Crippen molar-refractivity contribution in [3.8, 4) is 0 Å². The summed E-state index contributed by atoms with van der Waals surface area (Å²) >= 11 is 7.05. The Morgan fingerprint density at radius 2 is 0.800 bits per heavy atom. The molecule has 146 valence electrons. The van der Waals surface area contributed by atoms with Crippen LogP contribution in [-0.2, 0) is 13.2 Å². The summed E-state index contributed by atoms with van der Waals surface area (Å²) in [6.07, 6.45) is 0. The zero-order valence-electron chi connectivity index (χ0n) is 15.6. The molecule has 0 aliphatic heterocycles. The van der Waals surface area contributed by atoms with Crippen LogP contribution in [0.5, 0.6) is 0 Å². The fraction of sp³-hybridized carbons (Fsp3) is 0.0833. The van der Waals surface area contributed by atoms with Gasteiger partial charge in [0.25, 0.3) is 0 Å². The quantitative estimate of drug-likeness (QED) is 0.275. The molecule has 2 N–H and O–H groups in total. The van der Waals surface area contributed by atoms with Crippen LogP contribution >= 0.6 is 45.3 Å². The topological polar surface area (TPSA) is 40.5 Å². The summed E-state index contributed by atoms with van der Waals surface area (Å²) in [6.45, 7) is 0.112. The molecule has 0 amide bonds. The lowest BCUT2D eigenvalue weighted by Gasteiger charge is -2.03. The number of aliphatic hydroxyl groups excluding tert-OH is 2. The molecule has 0 saturated carbocycles. The molecular weight excluding hydrogens is 449 g/mol. The number of fused-ring (bicyclic) bond motifs is 11. The van der Waals surface area contributed by atoms with E-state index >= 15 is 0 Å². The molecular formula is C24H14O2S4. The molecule has 0 bridgehead atoms. The van der Waals surface area contributed by atoms with E-state index in [0.717, 1.165) is 11.1 Å². The predicted octanol–water partition coefficient (Wildman–Crippen LogP) is 7.84. The van der Waals surface area contributed by atoms with Crippen LogP contribution in [-0.4, -0.2) is 10.2 Å². The van der Waals surface area contributed by atoms with E-state index in [1.807, 2.05) is 22.7 Å². The largest absolute Gasteiger partial charge is 0.392 e. The number of benzene rings is 3. The summed E-state index contributed by atoms with van der Waals surface area (Å²) in [4.78, 5) is 0. The molecule has 7 rings (SSSR count). The lowest BCUT2D eigenvalue weighted by Crippen LogP contribution is -1.81. The van der Waals surface area contributed by atoms with E-state index in [0.29, 0.717) is 0 Å². The molecule has 4 heterocycles. The third-order valence-electron chi connectivity index (χ3n) is 5.97. The molecule has 30 heavy (non-hydrogen) atoms. The van der Waals surface area contributed by atoms with Gasteiger partial charge in [0.2, 0.25) is 0 Å². The molecule has 2 nitrogen and oxygen atoms in total.